The third-order valence-electron chi connectivity index (χ3n) is 1.78. The largest absolute Gasteiger partial charge is 0.465 e. The first-order chi connectivity index (χ1) is 8.17. The van der Waals surface area contributed by atoms with Gasteiger partial charge in [0.1, 0.15) is 5.60 Å². The maximum atomic E-state index is 11.8. The van der Waals surface area contributed by atoms with Crippen LogP contribution in [0.2, 0.25) is 0 Å². The summed E-state index contributed by atoms with van der Waals surface area (Å²) in [5, 5.41) is 10.8. The van der Waals surface area contributed by atoms with Gasteiger partial charge in [-0.1, -0.05) is 15.9 Å². The first-order valence-corrected chi connectivity index (χ1v) is 6.00. The smallest absolute Gasteiger partial charge is 0.409 e. The van der Waals surface area contributed by atoms with E-state index in [0.717, 1.165) is 0 Å². The second-order valence-electron chi connectivity index (χ2n) is 4.66. The Bertz CT molecular complexity index is 479. The zero-order valence-electron chi connectivity index (χ0n) is 10.3. The highest BCUT2D eigenvalue weighted by atomic mass is 79.9. The van der Waals surface area contributed by atoms with E-state index in [1.165, 1.54) is 6.07 Å². The number of carboxylic acid groups (broad SMARTS) is 1. The van der Waals surface area contributed by atoms with Crippen molar-refractivity contribution in [3.63, 3.8) is 0 Å². The monoisotopic (exact) mass is 315 g/mol. The van der Waals surface area contributed by atoms with Crippen LogP contribution in [0.5, 0.6) is 0 Å². The number of amides is 1. The fourth-order valence-electron chi connectivity index (χ4n) is 1.24. The summed E-state index contributed by atoms with van der Waals surface area (Å²) >= 11 is 3.21. The van der Waals surface area contributed by atoms with Crippen LogP contribution >= 0.6 is 15.9 Å². The van der Waals surface area contributed by atoms with Crippen LogP contribution < -0.4 is 5.32 Å². The van der Waals surface area contributed by atoms with Gasteiger partial charge in [0, 0.05) is 10.2 Å². The number of anilines is 1. The SMILES string of the molecule is CC(C)(C)OC(=O)c1cc(Br)cc(NC(=O)O)c1. The summed E-state index contributed by atoms with van der Waals surface area (Å²) in [6.45, 7) is 5.29. The molecule has 0 fully saturated rings. The lowest BCUT2D eigenvalue weighted by Gasteiger charge is -2.19. The third kappa shape index (κ3) is 4.75. The molecule has 0 radical (unpaired) electrons. The van der Waals surface area contributed by atoms with Gasteiger partial charge in [0.15, 0.2) is 0 Å². The Kier molecular flexibility index (Phi) is 4.34. The van der Waals surface area contributed by atoms with Crippen LogP contribution in [0.15, 0.2) is 22.7 Å². The fraction of sp³-hybridized carbons (Fsp3) is 0.333. The number of rotatable bonds is 2. The summed E-state index contributed by atoms with van der Waals surface area (Å²) in [5.74, 6) is -0.503. The van der Waals surface area contributed by atoms with Gasteiger partial charge in [-0.3, -0.25) is 5.32 Å². The van der Waals surface area contributed by atoms with Crippen LogP contribution in [0.1, 0.15) is 31.1 Å². The first kappa shape index (κ1) is 14.5. The zero-order valence-corrected chi connectivity index (χ0v) is 11.9. The van der Waals surface area contributed by atoms with Crippen molar-refractivity contribution in [2.75, 3.05) is 5.32 Å². The van der Waals surface area contributed by atoms with E-state index in [1.54, 1.807) is 32.9 Å². The topological polar surface area (TPSA) is 75.6 Å². The van der Waals surface area contributed by atoms with E-state index >= 15 is 0 Å². The molecular formula is C12H14BrNO4. The molecule has 2 N–H and O–H groups in total. The zero-order chi connectivity index (χ0) is 13.9. The van der Waals surface area contributed by atoms with E-state index in [4.69, 9.17) is 9.84 Å². The molecule has 0 aliphatic heterocycles. The highest BCUT2D eigenvalue weighted by Crippen LogP contribution is 2.21. The molecule has 0 saturated carbocycles. The van der Waals surface area contributed by atoms with Crippen molar-refractivity contribution >= 4 is 33.7 Å². The highest BCUT2D eigenvalue weighted by molar-refractivity contribution is 9.10. The van der Waals surface area contributed by atoms with Gasteiger partial charge < -0.3 is 9.84 Å². The number of halogens is 1. The van der Waals surface area contributed by atoms with Crippen molar-refractivity contribution in [1.29, 1.82) is 0 Å². The molecule has 0 unspecified atom stereocenters. The van der Waals surface area contributed by atoms with Gasteiger partial charge in [-0.25, -0.2) is 9.59 Å². The van der Waals surface area contributed by atoms with Gasteiger partial charge >= 0.3 is 12.1 Å². The van der Waals surface area contributed by atoms with Crippen LogP contribution in [0, 0.1) is 0 Å². The van der Waals surface area contributed by atoms with Gasteiger partial charge in [-0.2, -0.15) is 0 Å². The molecule has 0 heterocycles. The molecule has 0 bridgehead atoms. The second-order valence-corrected chi connectivity index (χ2v) is 5.58. The van der Waals surface area contributed by atoms with E-state index < -0.39 is 17.7 Å². The number of benzene rings is 1. The van der Waals surface area contributed by atoms with Crippen molar-refractivity contribution in [1.82, 2.24) is 0 Å². The number of carbonyl (C=O) groups excluding carboxylic acids is 1. The maximum absolute atomic E-state index is 11.8. The molecule has 1 aromatic rings. The molecule has 0 aliphatic carbocycles. The average molecular weight is 316 g/mol. The van der Waals surface area contributed by atoms with Crippen molar-refractivity contribution in [2.45, 2.75) is 26.4 Å². The van der Waals surface area contributed by atoms with Gasteiger partial charge in [0.25, 0.3) is 0 Å². The second kappa shape index (κ2) is 5.39. The predicted molar refractivity (Wildman–Crippen MR) is 71.0 cm³/mol. The van der Waals surface area contributed by atoms with Crippen molar-refractivity contribution in [3.8, 4) is 0 Å². The number of esters is 1. The number of ether oxygens (including phenoxy) is 1. The van der Waals surface area contributed by atoms with Crippen LogP contribution in [-0.2, 0) is 4.74 Å². The Labute approximate surface area is 113 Å². The minimum absolute atomic E-state index is 0.281. The van der Waals surface area contributed by atoms with Crippen molar-refractivity contribution in [2.24, 2.45) is 0 Å². The molecule has 0 aliphatic rings. The number of carbonyl (C=O) groups is 2. The molecule has 1 rings (SSSR count). The lowest BCUT2D eigenvalue weighted by molar-refractivity contribution is 0.00694. The van der Waals surface area contributed by atoms with Crippen LogP contribution in [-0.4, -0.2) is 22.8 Å². The fourth-order valence-corrected chi connectivity index (χ4v) is 1.73. The molecule has 0 saturated heterocycles. The van der Waals surface area contributed by atoms with Gasteiger partial charge in [0.05, 0.1) is 5.56 Å². The predicted octanol–water partition coefficient (Wildman–Crippen LogP) is 3.49. The van der Waals surface area contributed by atoms with Crippen molar-refractivity contribution in [3.05, 3.63) is 28.2 Å². The first-order valence-electron chi connectivity index (χ1n) is 5.21. The quantitative estimate of drug-likeness (QED) is 0.819. The molecule has 0 aromatic heterocycles. The van der Waals surface area contributed by atoms with Gasteiger partial charge in [-0.05, 0) is 39.0 Å². The Morgan fingerprint density at radius 2 is 1.89 bits per heavy atom. The summed E-state index contributed by atoms with van der Waals surface area (Å²) in [7, 11) is 0. The normalized spacial score (nSPS) is 10.9. The minimum atomic E-state index is -1.19. The van der Waals surface area contributed by atoms with E-state index in [2.05, 4.69) is 21.2 Å². The molecular weight excluding hydrogens is 302 g/mol. The van der Waals surface area contributed by atoms with Gasteiger partial charge in [-0.15, -0.1) is 0 Å². The number of hydrogen-bond acceptors (Lipinski definition) is 3. The molecule has 6 heteroatoms. The molecule has 0 spiro atoms. The number of nitrogens with one attached hydrogen (secondary N) is 1. The average Bonchev–Trinajstić information content (AvgIpc) is 2.12. The molecule has 0 atom stereocenters. The van der Waals surface area contributed by atoms with Gasteiger partial charge in [0.2, 0.25) is 0 Å². The summed E-state index contributed by atoms with van der Waals surface area (Å²) < 4.78 is 5.80. The Morgan fingerprint density at radius 1 is 1.28 bits per heavy atom. The highest BCUT2D eigenvalue weighted by Gasteiger charge is 2.18. The molecule has 1 amide bonds. The summed E-state index contributed by atoms with van der Waals surface area (Å²) in [6.07, 6.45) is -1.19. The minimum Gasteiger partial charge on any atom is -0.465 e. The Balaban J connectivity index is 2.99. The standard InChI is InChI=1S/C12H14BrNO4/c1-12(2,3)18-10(15)7-4-8(13)6-9(5-7)14-11(16)17/h4-6,14H,1-3H3,(H,16,17). The summed E-state index contributed by atoms with van der Waals surface area (Å²) in [5.41, 5.74) is -0.0134. The van der Waals surface area contributed by atoms with Crippen LogP contribution in [0.25, 0.3) is 0 Å². The molecule has 18 heavy (non-hydrogen) atoms. The van der Waals surface area contributed by atoms with Crippen LogP contribution in [0.4, 0.5) is 10.5 Å². The van der Waals surface area contributed by atoms with E-state index in [1.807, 2.05) is 0 Å². The van der Waals surface area contributed by atoms with Crippen molar-refractivity contribution < 1.29 is 19.4 Å². The summed E-state index contributed by atoms with van der Waals surface area (Å²) in [4.78, 5) is 22.4. The molecule has 1 aromatic carbocycles. The lowest BCUT2D eigenvalue weighted by atomic mass is 10.1. The number of hydrogen-bond donors (Lipinski definition) is 2. The Hall–Kier alpha value is -1.56. The molecule has 98 valence electrons. The van der Waals surface area contributed by atoms with E-state index in [0.29, 0.717) is 10.2 Å². The molecule has 5 nitrogen and oxygen atoms in total. The lowest BCUT2D eigenvalue weighted by Crippen LogP contribution is -2.24. The van der Waals surface area contributed by atoms with E-state index in [9.17, 15) is 9.59 Å². The summed E-state index contributed by atoms with van der Waals surface area (Å²) in [6, 6.07) is 4.55. The third-order valence-corrected chi connectivity index (χ3v) is 2.24. The Morgan fingerprint density at radius 3 is 2.39 bits per heavy atom. The van der Waals surface area contributed by atoms with Crippen LogP contribution in [0.3, 0.4) is 0 Å². The maximum Gasteiger partial charge on any atom is 0.409 e. The van der Waals surface area contributed by atoms with E-state index in [-0.39, 0.29) is 5.56 Å².